The summed E-state index contributed by atoms with van der Waals surface area (Å²) in [7, 11) is 3.23. The molecule has 29 heavy (non-hydrogen) atoms. The van der Waals surface area contributed by atoms with Crippen LogP contribution in [-0.4, -0.2) is 20.1 Å². The monoisotopic (exact) mass is 391 g/mol. The van der Waals surface area contributed by atoms with Gasteiger partial charge in [0, 0.05) is 19.2 Å². The number of hydrogen-bond donors (Lipinski definition) is 1. The highest BCUT2D eigenvalue weighted by atomic mass is 16.5. The van der Waals surface area contributed by atoms with E-state index in [1.807, 2.05) is 54.6 Å². The lowest BCUT2D eigenvalue weighted by Gasteiger charge is -2.12. The normalized spacial score (nSPS) is 10.4. The molecule has 0 aromatic heterocycles. The summed E-state index contributed by atoms with van der Waals surface area (Å²) in [5.41, 5.74) is 3.70. The molecule has 0 aliphatic heterocycles. The first-order valence-corrected chi connectivity index (χ1v) is 9.39. The second-order valence-corrected chi connectivity index (χ2v) is 6.57. The van der Waals surface area contributed by atoms with Gasteiger partial charge in [-0.1, -0.05) is 54.6 Å². The Kier molecular flexibility index (Phi) is 7.25. The van der Waals surface area contributed by atoms with Gasteiger partial charge in [-0.15, -0.1) is 0 Å². The van der Waals surface area contributed by atoms with Gasteiger partial charge in [-0.3, -0.25) is 4.79 Å². The minimum atomic E-state index is -0.168. The zero-order chi connectivity index (χ0) is 20.5. The Labute approximate surface area is 171 Å². The molecule has 0 aliphatic carbocycles. The van der Waals surface area contributed by atoms with Gasteiger partial charge in [0.1, 0.15) is 6.61 Å². The van der Waals surface area contributed by atoms with Gasteiger partial charge in [-0.05, 0) is 34.9 Å². The van der Waals surface area contributed by atoms with Crippen molar-refractivity contribution >= 4 is 5.91 Å². The number of hydrogen-bond acceptors (Lipinski definition) is 4. The third kappa shape index (κ3) is 5.83. The van der Waals surface area contributed by atoms with E-state index in [0.29, 0.717) is 36.8 Å². The lowest BCUT2D eigenvalue weighted by atomic mass is 10.1. The Bertz CT molecular complexity index is 923. The quantitative estimate of drug-likeness (QED) is 0.589. The number of nitrogens with one attached hydrogen (secondary N) is 1. The molecule has 5 heteroatoms. The predicted molar refractivity (Wildman–Crippen MR) is 112 cm³/mol. The largest absolute Gasteiger partial charge is 0.493 e. The smallest absolute Gasteiger partial charge is 0.251 e. The van der Waals surface area contributed by atoms with E-state index in [0.717, 1.165) is 16.7 Å². The molecule has 3 rings (SSSR count). The Morgan fingerprint density at radius 2 is 1.48 bits per heavy atom. The molecule has 0 unspecified atom stereocenters. The molecule has 0 fully saturated rings. The van der Waals surface area contributed by atoms with E-state index in [4.69, 9.17) is 14.2 Å². The Morgan fingerprint density at radius 3 is 2.17 bits per heavy atom. The molecule has 0 atom stereocenters. The van der Waals surface area contributed by atoms with Crippen LogP contribution < -0.4 is 14.8 Å². The number of methoxy groups -OCH3 is 2. The predicted octanol–water partition coefficient (Wildman–Crippen LogP) is 4.35. The fraction of sp³-hybridized carbons (Fsp3) is 0.208. The van der Waals surface area contributed by atoms with E-state index in [-0.39, 0.29) is 5.91 Å². The number of rotatable bonds is 9. The molecule has 0 aliphatic rings. The van der Waals surface area contributed by atoms with Crippen LogP contribution in [0.25, 0.3) is 0 Å². The van der Waals surface area contributed by atoms with Crippen molar-refractivity contribution in [3.8, 4) is 11.5 Å². The zero-order valence-corrected chi connectivity index (χ0v) is 16.7. The van der Waals surface area contributed by atoms with Crippen molar-refractivity contribution in [2.45, 2.75) is 19.8 Å². The van der Waals surface area contributed by atoms with Gasteiger partial charge in [0.15, 0.2) is 11.5 Å². The second-order valence-electron chi connectivity index (χ2n) is 6.57. The molecule has 0 radical (unpaired) electrons. The lowest BCUT2D eigenvalue weighted by Crippen LogP contribution is -2.22. The number of benzene rings is 3. The highest BCUT2D eigenvalue weighted by molar-refractivity contribution is 5.94. The summed E-state index contributed by atoms with van der Waals surface area (Å²) in [5, 5.41) is 2.93. The highest BCUT2D eigenvalue weighted by Gasteiger charge is 2.11. The number of ether oxygens (including phenoxy) is 3. The lowest BCUT2D eigenvalue weighted by molar-refractivity contribution is 0.0950. The maximum absolute atomic E-state index is 12.5. The first kappa shape index (κ1) is 20.4. The number of carbonyl (C=O) groups is 1. The van der Waals surface area contributed by atoms with E-state index in [2.05, 4.69) is 5.32 Å². The van der Waals surface area contributed by atoms with Gasteiger partial charge < -0.3 is 19.5 Å². The molecular weight excluding hydrogens is 366 g/mol. The van der Waals surface area contributed by atoms with Crippen LogP contribution in [0, 0.1) is 0 Å². The van der Waals surface area contributed by atoms with Gasteiger partial charge >= 0.3 is 0 Å². The van der Waals surface area contributed by atoms with E-state index in [9.17, 15) is 4.79 Å². The van der Waals surface area contributed by atoms with Crippen molar-refractivity contribution in [3.05, 3.63) is 95.1 Å². The fourth-order valence-electron chi connectivity index (χ4n) is 2.87. The summed E-state index contributed by atoms with van der Waals surface area (Å²) in [5.74, 6) is 0.956. The highest BCUT2D eigenvalue weighted by Crippen LogP contribution is 2.29. The minimum absolute atomic E-state index is 0.168. The summed E-state index contributed by atoms with van der Waals surface area (Å²) in [6.45, 7) is 1.45. The van der Waals surface area contributed by atoms with Crippen molar-refractivity contribution in [2.24, 2.45) is 0 Å². The van der Waals surface area contributed by atoms with E-state index < -0.39 is 0 Å². The van der Waals surface area contributed by atoms with Crippen LogP contribution in [0.5, 0.6) is 11.5 Å². The third-order valence-corrected chi connectivity index (χ3v) is 4.45. The molecule has 5 nitrogen and oxygen atoms in total. The molecule has 0 spiro atoms. The van der Waals surface area contributed by atoms with Crippen molar-refractivity contribution < 1.29 is 19.0 Å². The molecule has 1 amide bonds. The Morgan fingerprint density at radius 1 is 0.793 bits per heavy atom. The SMILES string of the molecule is COCc1ccc(CNC(=O)c2ccc(OCc3ccccc3)c(OC)c2)cc1. The van der Waals surface area contributed by atoms with Gasteiger partial charge in [0.2, 0.25) is 0 Å². The van der Waals surface area contributed by atoms with E-state index >= 15 is 0 Å². The molecule has 3 aromatic rings. The van der Waals surface area contributed by atoms with Crippen LogP contribution in [0.2, 0.25) is 0 Å². The van der Waals surface area contributed by atoms with Gasteiger partial charge in [0.05, 0.1) is 13.7 Å². The summed E-state index contributed by atoms with van der Waals surface area (Å²) in [4.78, 5) is 12.5. The molecule has 0 saturated heterocycles. The average molecular weight is 391 g/mol. The van der Waals surface area contributed by atoms with Crippen LogP contribution in [0.4, 0.5) is 0 Å². The Hall–Kier alpha value is -3.31. The van der Waals surface area contributed by atoms with Crippen LogP contribution in [-0.2, 0) is 24.5 Å². The van der Waals surface area contributed by atoms with Crippen LogP contribution in [0.3, 0.4) is 0 Å². The molecule has 0 saturated carbocycles. The van der Waals surface area contributed by atoms with Gasteiger partial charge in [-0.25, -0.2) is 0 Å². The molecule has 1 N–H and O–H groups in total. The van der Waals surface area contributed by atoms with Crippen LogP contribution >= 0.6 is 0 Å². The van der Waals surface area contributed by atoms with E-state index in [1.165, 1.54) is 0 Å². The summed E-state index contributed by atoms with van der Waals surface area (Å²) in [6, 6.07) is 23.0. The summed E-state index contributed by atoms with van der Waals surface area (Å²) >= 11 is 0. The van der Waals surface area contributed by atoms with Gasteiger partial charge in [0.25, 0.3) is 5.91 Å². The first-order valence-electron chi connectivity index (χ1n) is 9.39. The fourth-order valence-corrected chi connectivity index (χ4v) is 2.87. The maximum Gasteiger partial charge on any atom is 0.251 e. The molecule has 3 aromatic carbocycles. The minimum Gasteiger partial charge on any atom is -0.493 e. The zero-order valence-electron chi connectivity index (χ0n) is 16.7. The number of amides is 1. The number of carbonyl (C=O) groups excluding carboxylic acids is 1. The standard InChI is InChI=1S/C24H25NO4/c1-27-16-20-10-8-18(9-11-20)15-25-24(26)21-12-13-22(23(14-21)28-2)29-17-19-6-4-3-5-7-19/h3-14H,15-17H2,1-2H3,(H,25,26). The van der Waals surface area contributed by atoms with Crippen molar-refractivity contribution in [3.63, 3.8) is 0 Å². The molecule has 0 heterocycles. The second kappa shape index (κ2) is 10.3. The average Bonchev–Trinajstić information content (AvgIpc) is 2.77. The van der Waals surface area contributed by atoms with E-state index in [1.54, 1.807) is 32.4 Å². The molecule has 150 valence electrons. The van der Waals surface area contributed by atoms with Crippen molar-refractivity contribution in [1.82, 2.24) is 5.32 Å². The topological polar surface area (TPSA) is 56.8 Å². The summed E-state index contributed by atoms with van der Waals surface area (Å²) in [6.07, 6.45) is 0. The third-order valence-electron chi connectivity index (χ3n) is 4.45. The van der Waals surface area contributed by atoms with Crippen LogP contribution in [0.15, 0.2) is 72.8 Å². The first-order chi connectivity index (χ1) is 14.2. The molecular formula is C24H25NO4. The van der Waals surface area contributed by atoms with Crippen LogP contribution in [0.1, 0.15) is 27.0 Å². The van der Waals surface area contributed by atoms with Gasteiger partial charge in [-0.2, -0.15) is 0 Å². The van der Waals surface area contributed by atoms with Crippen molar-refractivity contribution in [2.75, 3.05) is 14.2 Å². The maximum atomic E-state index is 12.5. The molecule has 0 bridgehead atoms. The van der Waals surface area contributed by atoms with Crippen molar-refractivity contribution in [1.29, 1.82) is 0 Å². The summed E-state index contributed by atoms with van der Waals surface area (Å²) < 4.78 is 16.4. The Balaban J connectivity index is 1.60.